The molecule has 2 saturated carbocycles. The van der Waals surface area contributed by atoms with Gasteiger partial charge in [-0.1, -0.05) is 50.0 Å². The Bertz CT molecular complexity index is 665. The summed E-state index contributed by atoms with van der Waals surface area (Å²) in [5.74, 6) is 0.0335. The standard InChI is InChI=1S/C17H19Cl2NO2/c1-15(2)16(3)7-8-17(15,9-12(16)21)14(22)20-13-10(18)5-4-6-11(13)19/h4-6H,7-9H2,1-3H3,(H,20,22)/t16-,17-/m1/s1. The summed E-state index contributed by atoms with van der Waals surface area (Å²) in [4.78, 5) is 25.5. The molecule has 0 aromatic heterocycles. The number of ketones is 1. The van der Waals surface area contributed by atoms with Crippen LogP contribution in [-0.4, -0.2) is 11.7 Å². The van der Waals surface area contributed by atoms with Crippen molar-refractivity contribution in [3.8, 4) is 0 Å². The van der Waals surface area contributed by atoms with E-state index in [1.165, 1.54) is 0 Å². The Labute approximate surface area is 140 Å². The number of Topliss-reactive ketones (excluding diaryl/α,β-unsaturated/α-hetero) is 1. The highest BCUT2D eigenvalue weighted by atomic mass is 35.5. The fraction of sp³-hybridized carbons (Fsp3) is 0.529. The van der Waals surface area contributed by atoms with E-state index in [0.717, 1.165) is 12.8 Å². The zero-order valence-corrected chi connectivity index (χ0v) is 14.4. The number of amides is 1. The van der Waals surface area contributed by atoms with Gasteiger partial charge in [-0.25, -0.2) is 0 Å². The van der Waals surface area contributed by atoms with Gasteiger partial charge in [-0.05, 0) is 30.4 Å². The van der Waals surface area contributed by atoms with Gasteiger partial charge >= 0.3 is 0 Å². The molecule has 0 saturated heterocycles. The number of carbonyl (C=O) groups is 2. The predicted molar refractivity (Wildman–Crippen MR) is 88.3 cm³/mol. The number of carbonyl (C=O) groups excluding carboxylic acids is 2. The van der Waals surface area contributed by atoms with Crippen molar-refractivity contribution in [2.45, 2.75) is 40.0 Å². The van der Waals surface area contributed by atoms with Crippen molar-refractivity contribution in [1.82, 2.24) is 0 Å². The minimum Gasteiger partial charge on any atom is -0.323 e. The lowest BCUT2D eigenvalue weighted by atomic mass is 9.64. The van der Waals surface area contributed by atoms with Crippen molar-refractivity contribution in [1.29, 1.82) is 0 Å². The molecule has 118 valence electrons. The SMILES string of the molecule is CC1(C)[C@]2(C(=O)Nc3c(Cl)cccc3Cl)CC[C@]1(C)C(=O)C2. The van der Waals surface area contributed by atoms with E-state index in [9.17, 15) is 9.59 Å². The first kappa shape index (κ1) is 15.8. The number of halogens is 2. The lowest BCUT2D eigenvalue weighted by Gasteiger charge is -2.38. The first-order valence-electron chi connectivity index (χ1n) is 7.44. The van der Waals surface area contributed by atoms with Gasteiger partial charge in [-0.15, -0.1) is 0 Å². The fourth-order valence-electron chi connectivity index (χ4n) is 4.21. The van der Waals surface area contributed by atoms with Crippen molar-refractivity contribution < 1.29 is 9.59 Å². The van der Waals surface area contributed by atoms with E-state index in [1.807, 2.05) is 20.8 Å². The molecule has 0 heterocycles. The molecule has 2 bridgehead atoms. The van der Waals surface area contributed by atoms with Crippen LogP contribution in [0.1, 0.15) is 40.0 Å². The van der Waals surface area contributed by atoms with Crippen LogP contribution in [0.2, 0.25) is 10.0 Å². The molecule has 1 aromatic carbocycles. The maximum Gasteiger partial charge on any atom is 0.231 e. The van der Waals surface area contributed by atoms with Crippen molar-refractivity contribution in [3.63, 3.8) is 0 Å². The molecule has 2 atom stereocenters. The van der Waals surface area contributed by atoms with Crippen molar-refractivity contribution in [2.75, 3.05) is 5.32 Å². The molecule has 3 nitrogen and oxygen atoms in total. The Morgan fingerprint density at radius 2 is 1.73 bits per heavy atom. The van der Waals surface area contributed by atoms with E-state index in [0.29, 0.717) is 22.2 Å². The van der Waals surface area contributed by atoms with Gasteiger partial charge in [-0.3, -0.25) is 9.59 Å². The largest absolute Gasteiger partial charge is 0.323 e. The molecule has 1 N–H and O–H groups in total. The number of anilines is 1. The molecule has 0 unspecified atom stereocenters. The molecule has 0 aliphatic heterocycles. The predicted octanol–water partition coefficient (Wildman–Crippen LogP) is 4.72. The molecule has 2 fully saturated rings. The lowest BCUT2D eigenvalue weighted by Crippen LogP contribution is -2.43. The second kappa shape index (κ2) is 4.72. The fourth-order valence-corrected chi connectivity index (χ4v) is 4.70. The Balaban J connectivity index is 1.98. The summed E-state index contributed by atoms with van der Waals surface area (Å²) < 4.78 is 0. The Hall–Kier alpha value is -1.06. The second-order valence-corrected chi connectivity index (χ2v) is 8.00. The van der Waals surface area contributed by atoms with Crippen LogP contribution in [0.4, 0.5) is 5.69 Å². The normalized spacial score (nSPS) is 32.3. The number of hydrogen-bond acceptors (Lipinski definition) is 2. The number of benzene rings is 1. The van der Waals surface area contributed by atoms with Crippen LogP contribution in [0.3, 0.4) is 0 Å². The zero-order chi connectivity index (χ0) is 16.3. The first-order valence-corrected chi connectivity index (χ1v) is 8.20. The van der Waals surface area contributed by atoms with E-state index >= 15 is 0 Å². The summed E-state index contributed by atoms with van der Waals surface area (Å²) in [6.07, 6.45) is 1.77. The van der Waals surface area contributed by atoms with Crippen LogP contribution in [0.5, 0.6) is 0 Å². The smallest absolute Gasteiger partial charge is 0.231 e. The molecule has 22 heavy (non-hydrogen) atoms. The van der Waals surface area contributed by atoms with E-state index < -0.39 is 10.8 Å². The highest BCUT2D eigenvalue weighted by molar-refractivity contribution is 6.39. The molecule has 1 aromatic rings. The van der Waals surface area contributed by atoms with E-state index in [1.54, 1.807) is 18.2 Å². The summed E-state index contributed by atoms with van der Waals surface area (Å²) in [6.45, 7) is 6.04. The molecule has 0 spiro atoms. The average molecular weight is 340 g/mol. The Morgan fingerprint density at radius 1 is 1.14 bits per heavy atom. The first-order chi connectivity index (χ1) is 10.2. The molecule has 3 rings (SSSR count). The van der Waals surface area contributed by atoms with E-state index in [2.05, 4.69) is 5.32 Å². The summed E-state index contributed by atoms with van der Waals surface area (Å²) in [5.41, 5.74) is -1.06. The van der Waals surface area contributed by atoms with Gasteiger partial charge < -0.3 is 5.32 Å². The topological polar surface area (TPSA) is 46.2 Å². The van der Waals surface area contributed by atoms with Crippen LogP contribution >= 0.6 is 23.2 Å². The number of hydrogen-bond donors (Lipinski definition) is 1. The Kier molecular flexibility index (Phi) is 3.39. The maximum atomic E-state index is 13.0. The lowest BCUT2D eigenvalue weighted by molar-refractivity contribution is -0.131. The number of nitrogens with one attached hydrogen (secondary N) is 1. The third-order valence-electron chi connectivity index (χ3n) is 6.34. The van der Waals surface area contributed by atoms with E-state index in [-0.39, 0.29) is 17.1 Å². The summed E-state index contributed by atoms with van der Waals surface area (Å²) >= 11 is 12.3. The van der Waals surface area contributed by atoms with Crippen LogP contribution < -0.4 is 5.32 Å². The third-order valence-corrected chi connectivity index (χ3v) is 6.97. The summed E-state index contributed by atoms with van der Waals surface area (Å²) in [6, 6.07) is 5.10. The molecule has 1 amide bonds. The molecular formula is C17H19Cl2NO2. The number of rotatable bonds is 2. The molecule has 5 heteroatoms. The monoisotopic (exact) mass is 339 g/mol. The molecule has 2 aliphatic carbocycles. The molecule has 0 radical (unpaired) electrons. The van der Waals surface area contributed by atoms with Crippen molar-refractivity contribution >= 4 is 40.6 Å². The van der Waals surface area contributed by atoms with Crippen LogP contribution in [-0.2, 0) is 9.59 Å². The van der Waals surface area contributed by atoms with Gasteiger partial charge in [0.15, 0.2) is 0 Å². The average Bonchev–Trinajstić information content (AvgIpc) is 2.73. The van der Waals surface area contributed by atoms with Gasteiger partial charge in [0.05, 0.1) is 21.1 Å². The quantitative estimate of drug-likeness (QED) is 0.847. The third kappa shape index (κ3) is 1.75. The van der Waals surface area contributed by atoms with Gasteiger partial charge in [0, 0.05) is 11.8 Å². The van der Waals surface area contributed by atoms with Gasteiger partial charge in [0.25, 0.3) is 0 Å². The summed E-state index contributed by atoms with van der Waals surface area (Å²) in [7, 11) is 0. The van der Waals surface area contributed by atoms with E-state index in [4.69, 9.17) is 23.2 Å². The second-order valence-electron chi connectivity index (χ2n) is 7.19. The molecular weight excluding hydrogens is 321 g/mol. The highest BCUT2D eigenvalue weighted by Gasteiger charge is 2.72. The molecule has 2 aliphatic rings. The number of para-hydroxylation sites is 1. The Morgan fingerprint density at radius 3 is 2.18 bits per heavy atom. The van der Waals surface area contributed by atoms with Crippen LogP contribution in [0.25, 0.3) is 0 Å². The van der Waals surface area contributed by atoms with Crippen LogP contribution in [0.15, 0.2) is 18.2 Å². The highest BCUT2D eigenvalue weighted by Crippen LogP contribution is 2.70. The van der Waals surface area contributed by atoms with Gasteiger partial charge in [-0.2, -0.15) is 0 Å². The van der Waals surface area contributed by atoms with Crippen molar-refractivity contribution in [3.05, 3.63) is 28.2 Å². The van der Waals surface area contributed by atoms with Gasteiger partial charge in [0.2, 0.25) is 5.91 Å². The minimum absolute atomic E-state index is 0.151. The zero-order valence-electron chi connectivity index (χ0n) is 12.9. The van der Waals surface area contributed by atoms with Gasteiger partial charge in [0.1, 0.15) is 5.78 Å². The number of fused-ring (bicyclic) bond motifs is 2. The maximum absolute atomic E-state index is 13.0. The minimum atomic E-state index is -0.679. The van der Waals surface area contributed by atoms with Crippen molar-refractivity contribution in [2.24, 2.45) is 16.2 Å². The van der Waals surface area contributed by atoms with Crippen LogP contribution in [0, 0.1) is 16.2 Å². The summed E-state index contributed by atoms with van der Waals surface area (Å²) in [5, 5.41) is 3.68.